The molecule has 2 aliphatic rings. The molecule has 24 heteroatoms. The van der Waals surface area contributed by atoms with Gasteiger partial charge in [-0.1, -0.05) is 71.1 Å². The Balaban J connectivity index is 2.14. The summed E-state index contributed by atoms with van der Waals surface area (Å²) in [6.45, 7) is -2.28. The summed E-state index contributed by atoms with van der Waals surface area (Å²) in [7, 11) is 0. The quantitative estimate of drug-likeness (QED) is 0.0287. The maximum Gasteiger partial charge on any atom is 0.251 e. The maximum absolute atomic E-state index is 13.2. The van der Waals surface area contributed by atoms with Crippen molar-refractivity contribution in [2.45, 2.75) is 188 Å². The minimum absolute atomic E-state index is 0.272. The summed E-state index contributed by atoms with van der Waals surface area (Å²) in [4.78, 5) is 26.3. The Bertz CT molecular complexity index is 1180. The lowest BCUT2D eigenvalue weighted by Gasteiger charge is -2.42. The number of carbonyl (C=O) groups excluding carboxylic acids is 2. The Morgan fingerprint density at radius 3 is 1.21 bits per heavy atom. The molecule has 2 rings (SSSR count). The second-order valence-electron chi connectivity index (χ2n) is 16.3. The third-order valence-electron chi connectivity index (χ3n) is 11.4. The molecule has 0 unspecified atom stereocenters. The Hall–Kier alpha value is -1.86. The van der Waals surface area contributed by atoms with Crippen LogP contribution in [0.1, 0.15) is 77.6 Å². The van der Waals surface area contributed by atoms with Gasteiger partial charge in [-0.2, -0.15) is 0 Å². The number of amides is 2. The van der Waals surface area contributed by atoms with E-state index in [4.69, 9.17) is 18.9 Å². The minimum Gasteiger partial charge on any atom is -0.394 e. The van der Waals surface area contributed by atoms with E-state index < -0.39 is 154 Å². The van der Waals surface area contributed by atoms with Gasteiger partial charge in [-0.25, -0.2) is 0 Å². The van der Waals surface area contributed by atoms with Crippen LogP contribution in [0, 0.1) is 5.92 Å². The van der Waals surface area contributed by atoms with Crippen LogP contribution in [-0.2, 0) is 28.5 Å². The molecule has 63 heavy (non-hydrogen) atoms. The fraction of sp³-hybridized carbons (Fsp3) is 0.949. The fourth-order valence-corrected chi connectivity index (χ4v) is 7.24. The van der Waals surface area contributed by atoms with E-state index in [2.05, 4.69) is 17.6 Å². The van der Waals surface area contributed by atoms with E-state index in [1.807, 2.05) is 0 Å². The number of unbranched alkanes of at least 4 members (excludes halogenated alkanes) is 9. The monoisotopic (exact) mass is 922 g/mol. The Labute approximate surface area is 365 Å². The van der Waals surface area contributed by atoms with E-state index in [-0.39, 0.29) is 13.1 Å². The first kappa shape index (κ1) is 57.3. The molecule has 0 radical (unpaired) electrons. The molecule has 0 aromatic carbocycles. The van der Waals surface area contributed by atoms with E-state index in [1.165, 1.54) is 12.8 Å². The van der Waals surface area contributed by atoms with Crippen molar-refractivity contribution in [2.75, 3.05) is 39.5 Å². The van der Waals surface area contributed by atoms with Crippen molar-refractivity contribution in [1.29, 1.82) is 0 Å². The van der Waals surface area contributed by atoms with Gasteiger partial charge in [0.05, 0.1) is 26.4 Å². The van der Waals surface area contributed by atoms with Crippen LogP contribution < -0.4 is 10.6 Å². The molecule has 2 fully saturated rings. The molecule has 0 spiro atoms. The zero-order valence-electron chi connectivity index (χ0n) is 35.6. The standard InChI is InChI=1S/C39H74N2O22/c1-2-3-4-5-6-7-8-9-10-11-12-19(13-40-36(58)30(54)28(52)34(20(46)15-42)62-38-32(56)26(50)24(48)22(17-44)60-38)14-41-37(59)31(55)29(53)35(21(47)16-43)63-39-33(57)27(51)25(49)23(18-45)61-39/h19-35,38-39,42-57H,2-18H2,1H3,(H,40,58)(H,41,59)/t20-,21-,22-,23-,24-,25-,26+,27+,28-,29-,30-,31-,32-,33-,34-,35-,38+,39+/m1/s1. The van der Waals surface area contributed by atoms with Gasteiger partial charge < -0.3 is 111 Å². The van der Waals surface area contributed by atoms with Crippen molar-refractivity contribution in [3.63, 3.8) is 0 Å². The van der Waals surface area contributed by atoms with Gasteiger partial charge in [0.1, 0.15) is 85.5 Å². The van der Waals surface area contributed by atoms with Gasteiger partial charge in [-0.15, -0.1) is 0 Å². The van der Waals surface area contributed by atoms with E-state index >= 15 is 0 Å². The molecule has 0 aromatic rings. The molecule has 372 valence electrons. The lowest BCUT2D eigenvalue weighted by molar-refractivity contribution is -0.326. The maximum atomic E-state index is 13.2. The number of aliphatic hydroxyl groups excluding tert-OH is 16. The Morgan fingerprint density at radius 1 is 0.524 bits per heavy atom. The van der Waals surface area contributed by atoms with Crippen molar-refractivity contribution in [1.82, 2.24) is 10.6 Å². The second-order valence-corrected chi connectivity index (χ2v) is 16.3. The zero-order chi connectivity index (χ0) is 47.4. The van der Waals surface area contributed by atoms with Gasteiger partial charge in [-0.05, 0) is 12.3 Å². The van der Waals surface area contributed by atoms with E-state index in [9.17, 15) is 91.3 Å². The molecule has 0 saturated carbocycles. The van der Waals surface area contributed by atoms with Crippen LogP contribution in [0.5, 0.6) is 0 Å². The van der Waals surface area contributed by atoms with Gasteiger partial charge >= 0.3 is 0 Å². The van der Waals surface area contributed by atoms with Gasteiger partial charge in [0.2, 0.25) is 0 Å². The van der Waals surface area contributed by atoms with Crippen molar-refractivity contribution >= 4 is 11.8 Å². The van der Waals surface area contributed by atoms with Crippen LogP contribution >= 0.6 is 0 Å². The normalized spacial score (nSPS) is 30.5. The summed E-state index contributed by atoms with van der Waals surface area (Å²) in [6.07, 6.45) is -25.3. The van der Waals surface area contributed by atoms with Crippen molar-refractivity contribution < 1.29 is 110 Å². The number of ether oxygens (including phenoxy) is 4. The first-order valence-electron chi connectivity index (χ1n) is 21.7. The second kappa shape index (κ2) is 29.7. The third-order valence-corrected chi connectivity index (χ3v) is 11.4. The third kappa shape index (κ3) is 17.4. The van der Waals surface area contributed by atoms with Crippen molar-refractivity contribution in [3.8, 4) is 0 Å². The molecule has 2 aliphatic heterocycles. The summed E-state index contributed by atoms with van der Waals surface area (Å²) >= 11 is 0. The Kier molecular flexibility index (Phi) is 27.0. The molecule has 0 aromatic heterocycles. The van der Waals surface area contributed by atoms with Crippen LogP contribution in [0.2, 0.25) is 0 Å². The molecular formula is C39H74N2O22. The predicted octanol–water partition coefficient (Wildman–Crippen LogP) is -7.33. The van der Waals surface area contributed by atoms with Crippen LogP contribution in [0.4, 0.5) is 0 Å². The SMILES string of the molecule is CCCCCCCCCCCCC(CNC(=O)[C@H](O)[C@@H](O)[C@H](O[C@@H]1O[C@H](CO)[C@@H](O)[C@H](O)[C@H]1O)[C@H](O)CO)CNC(=O)[C@H](O)[C@@H](O)[C@H](O[C@@H]1O[C@H](CO)[C@@H](O)[C@H](O)[C@H]1O)[C@H](O)CO. The molecule has 24 nitrogen and oxygen atoms in total. The number of hydrogen-bond donors (Lipinski definition) is 18. The predicted molar refractivity (Wildman–Crippen MR) is 213 cm³/mol. The highest BCUT2D eigenvalue weighted by atomic mass is 16.7. The average Bonchev–Trinajstić information content (AvgIpc) is 3.28. The highest BCUT2D eigenvalue weighted by molar-refractivity contribution is 5.82. The highest BCUT2D eigenvalue weighted by Crippen LogP contribution is 2.27. The van der Waals surface area contributed by atoms with Crippen molar-refractivity contribution in [2.24, 2.45) is 5.92 Å². The van der Waals surface area contributed by atoms with E-state index in [1.54, 1.807) is 0 Å². The Morgan fingerprint density at radius 2 is 0.873 bits per heavy atom. The average molecular weight is 923 g/mol. The first-order valence-corrected chi connectivity index (χ1v) is 21.7. The molecule has 0 bridgehead atoms. The summed E-state index contributed by atoms with van der Waals surface area (Å²) in [5.41, 5.74) is 0. The minimum atomic E-state index is -2.37. The largest absolute Gasteiger partial charge is 0.394 e. The summed E-state index contributed by atoms with van der Waals surface area (Å²) < 4.78 is 21.2. The topological polar surface area (TPSA) is 419 Å². The summed E-state index contributed by atoms with van der Waals surface area (Å²) in [5, 5.41) is 168. The molecule has 2 heterocycles. The van der Waals surface area contributed by atoms with E-state index in [0.29, 0.717) is 12.8 Å². The number of hydrogen-bond acceptors (Lipinski definition) is 22. The molecule has 18 atom stereocenters. The smallest absolute Gasteiger partial charge is 0.251 e. The first-order chi connectivity index (χ1) is 29.9. The van der Waals surface area contributed by atoms with Crippen molar-refractivity contribution in [3.05, 3.63) is 0 Å². The lowest BCUT2D eigenvalue weighted by atomic mass is 9.97. The number of rotatable bonds is 31. The lowest BCUT2D eigenvalue weighted by Crippen LogP contribution is -2.62. The summed E-state index contributed by atoms with van der Waals surface area (Å²) in [6, 6.07) is 0. The molecule has 2 saturated heterocycles. The molecular weight excluding hydrogens is 848 g/mol. The molecule has 18 N–H and O–H groups in total. The van der Waals surface area contributed by atoms with E-state index in [0.717, 1.165) is 44.9 Å². The van der Waals surface area contributed by atoms with Gasteiger partial charge in [-0.3, -0.25) is 9.59 Å². The number of nitrogens with one attached hydrogen (secondary N) is 2. The number of aliphatic hydroxyl groups is 16. The van der Waals surface area contributed by atoms with Crippen LogP contribution in [0.3, 0.4) is 0 Å². The van der Waals surface area contributed by atoms with Gasteiger partial charge in [0, 0.05) is 13.1 Å². The van der Waals surface area contributed by atoms with Gasteiger partial charge in [0.15, 0.2) is 24.8 Å². The van der Waals surface area contributed by atoms with Crippen LogP contribution in [-0.4, -0.2) is 243 Å². The number of carbonyl (C=O) groups is 2. The molecule has 0 aliphatic carbocycles. The fourth-order valence-electron chi connectivity index (χ4n) is 7.24. The summed E-state index contributed by atoms with van der Waals surface area (Å²) in [5.74, 6) is -3.08. The van der Waals surface area contributed by atoms with Gasteiger partial charge in [0.25, 0.3) is 11.8 Å². The van der Waals surface area contributed by atoms with Crippen LogP contribution in [0.15, 0.2) is 0 Å². The van der Waals surface area contributed by atoms with Crippen LogP contribution in [0.25, 0.3) is 0 Å². The molecule has 2 amide bonds. The highest BCUT2D eigenvalue weighted by Gasteiger charge is 2.49. The zero-order valence-corrected chi connectivity index (χ0v) is 35.6.